The summed E-state index contributed by atoms with van der Waals surface area (Å²) in [6, 6.07) is 44.7. The molecular formula is C34H26N6O3. The van der Waals surface area contributed by atoms with Gasteiger partial charge in [0.05, 0.1) is 27.7 Å². The lowest BCUT2D eigenvalue weighted by Crippen LogP contribution is -2.25. The fourth-order valence-electron chi connectivity index (χ4n) is 4.68. The minimum absolute atomic E-state index is 0.0428. The normalized spacial score (nSPS) is 16.2. The van der Waals surface area contributed by atoms with Gasteiger partial charge in [-0.25, -0.2) is 10.0 Å². The first-order chi connectivity index (χ1) is 21.1. The molecule has 210 valence electrons. The number of nitrogens with one attached hydrogen (secondary N) is 1. The SMILES string of the molecule is N=C1OC(c2ccc([N+](=O)[O-])cc2)C(=N/N(c2ccccc2)c2ccccc2)/C1=N/N(c1ccccc1)c1ccccc1. The number of non-ortho nitro benzene ring substituents is 1. The monoisotopic (exact) mass is 566 g/mol. The highest BCUT2D eigenvalue weighted by Gasteiger charge is 2.39. The van der Waals surface area contributed by atoms with Gasteiger partial charge in [0.2, 0.25) is 5.90 Å². The average molecular weight is 567 g/mol. The van der Waals surface area contributed by atoms with E-state index in [4.69, 9.17) is 20.3 Å². The molecule has 1 aliphatic heterocycles. The Bertz CT molecular complexity index is 1700. The molecule has 1 heterocycles. The zero-order chi connectivity index (χ0) is 29.6. The first-order valence-corrected chi connectivity index (χ1v) is 13.6. The van der Waals surface area contributed by atoms with Crippen LogP contribution in [0.25, 0.3) is 0 Å². The van der Waals surface area contributed by atoms with Crippen molar-refractivity contribution in [2.75, 3.05) is 10.0 Å². The van der Waals surface area contributed by atoms with Crippen LogP contribution in [0.4, 0.5) is 28.4 Å². The third-order valence-electron chi connectivity index (χ3n) is 6.76. The topological polar surface area (TPSA) is 107 Å². The molecule has 9 heteroatoms. The van der Waals surface area contributed by atoms with Crippen LogP contribution < -0.4 is 10.0 Å². The molecular weight excluding hydrogens is 540 g/mol. The lowest BCUT2D eigenvalue weighted by Gasteiger charge is -2.22. The first-order valence-electron chi connectivity index (χ1n) is 13.6. The highest BCUT2D eigenvalue weighted by Crippen LogP contribution is 2.34. The third-order valence-corrected chi connectivity index (χ3v) is 6.76. The lowest BCUT2D eigenvalue weighted by molar-refractivity contribution is -0.384. The summed E-state index contributed by atoms with van der Waals surface area (Å²) in [6.07, 6.45) is -0.838. The van der Waals surface area contributed by atoms with E-state index in [1.807, 2.05) is 121 Å². The van der Waals surface area contributed by atoms with Gasteiger partial charge in [-0.2, -0.15) is 10.2 Å². The molecule has 0 amide bonds. The largest absolute Gasteiger partial charge is 0.461 e. The van der Waals surface area contributed by atoms with Crippen molar-refractivity contribution < 1.29 is 9.66 Å². The summed E-state index contributed by atoms with van der Waals surface area (Å²) >= 11 is 0. The molecule has 0 saturated carbocycles. The summed E-state index contributed by atoms with van der Waals surface area (Å²) < 4.78 is 6.12. The minimum Gasteiger partial charge on any atom is -0.461 e. The number of benzene rings is 5. The third kappa shape index (κ3) is 5.86. The van der Waals surface area contributed by atoms with Crippen molar-refractivity contribution in [3.8, 4) is 0 Å². The molecule has 0 aliphatic carbocycles. The predicted molar refractivity (Wildman–Crippen MR) is 170 cm³/mol. The van der Waals surface area contributed by atoms with Crippen molar-refractivity contribution in [1.29, 1.82) is 5.41 Å². The van der Waals surface area contributed by atoms with E-state index in [0.717, 1.165) is 22.7 Å². The number of nitro benzene ring substituents is 1. The maximum absolute atomic E-state index is 11.3. The Hall–Kier alpha value is -6.09. The number of hydrazone groups is 2. The van der Waals surface area contributed by atoms with Crippen LogP contribution >= 0.6 is 0 Å². The maximum Gasteiger partial charge on any atom is 0.269 e. The molecule has 43 heavy (non-hydrogen) atoms. The van der Waals surface area contributed by atoms with Crippen LogP contribution in [0.3, 0.4) is 0 Å². The number of nitrogens with zero attached hydrogens (tertiary/aromatic N) is 5. The van der Waals surface area contributed by atoms with Gasteiger partial charge in [-0.05, 0) is 66.2 Å². The van der Waals surface area contributed by atoms with Gasteiger partial charge in [-0.3, -0.25) is 15.5 Å². The van der Waals surface area contributed by atoms with E-state index in [-0.39, 0.29) is 17.3 Å². The zero-order valence-electron chi connectivity index (χ0n) is 22.9. The van der Waals surface area contributed by atoms with Gasteiger partial charge in [-0.15, -0.1) is 0 Å². The average Bonchev–Trinajstić information content (AvgIpc) is 3.38. The van der Waals surface area contributed by atoms with E-state index >= 15 is 0 Å². The summed E-state index contributed by atoms with van der Waals surface area (Å²) in [5, 5.41) is 33.8. The zero-order valence-corrected chi connectivity index (χ0v) is 22.9. The molecule has 1 N–H and O–H groups in total. The number of hydrogen-bond acceptors (Lipinski definition) is 8. The van der Waals surface area contributed by atoms with Gasteiger partial charge < -0.3 is 4.74 Å². The molecule has 0 radical (unpaired) electrons. The van der Waals surface area contributed by atoms with E-state index in [0.29, 0.717) is 11.3 Å². The van der Waals surface area contributed by atoms with Crippen LogP contribution in [0.15, 0.2) is 156 Å². The molecule has 1 saturated heterocycles. The Morgan fingerprint density at radius 3 is 1.40 bits per heavy atom. The van der Waals surface area contributed by atoms with Crippen molar-refractivity contribution in [1.82, 2.24) is 0 Å². The van der Waals surface area contributed by atoms with Gasteiger partial charge in [0.15, 0.2) is 11.8 Å². The smallest absolute Gasteiger partial charge is 0.269 e. The van der Waals surface area contributed by atoms with Gasteiger partial charge in [0.1, 0.15) is 5.71 Å². The maximum atomic E-state index is 11.3. The van der Waals surface area contributed by atoms with Crippen LogP contribution in [0.2, 0.25) is 0 Å². The lowest BCUT2D eigenvalue weighted by atomic mass is 10.0. The second-order valence-corrected chi connectivity index (χ2v) is 9.58. The van der Waals surface area contributed by atoms with Crippen LogP contribution in [-0.4, -0.2) is 22.2 Å². The van der Waals surface area contributed by atoms with Crippen molar-refractivity contribution in [2.45, 2.75) is 6.10 Å². The van der Waals surface area contributed by atoms with E-state index in [1.165, 1.54) is 12.1 Å². The fraction of sp³-hybridized carbons (Fsp3) is 0.0294. The number of rotatable bonds is 8. The molecule has 6 rings (SSSR count). The van der Waals surface area contributed by atoms with E-state index in [2.05, 4.69) is 0 Å². The molecule has 5 aromatic carbocycles. The number of ether oxygens (including phenoxy) is 1. The number of para-hydroxylation sites is 4. The van der Waals surface area contributed by atoms with Gasteiger partial charge in [0, 0.05) is 12.1 Å². The second-order valence-electron chi connectivity index (χ2n) is 9.58. The van der Waals surface area contributed by atoms with Crippen LogP contribution in [-0.2, 0) is 4.74 Å². The van der Waals surface area contributed by atoms with Crippen LogP contribution in [0.1, 0.15) is 11.7 Å². The Morgan fingerprint density at radius 2 is 1.00 bits per heavy atom. The fourth-order valence-corrected chi connectivity index (χ4v) is 4.68. The van der Waals surface area contributed by atoms with Crippen LogP contribution in [0.5, 0.6) is 0 Å². The standard InChI is InChI=1S/C34H26N6O3/c35-34-32(37-39(28-17-9-3-10-18-28)29-19-11-4-12-20-29)31(33(43-34)25-21-23-30(24-22-25)40(41)42)36-38(26-13-5-1-6-14-26)27-15-7-2-8-16-27/h1-24,33,35H/b35-34?,36-31+,37-32-. The van der Waals surface area contributed by atoms with E-state index in [1.54, 1.807) is 22.2 Å². The Kier molecular flexibility index (Phi) is 7.68. The number of anilines is 4. The van der Waals surface area contributed by atoms with Crippen LogP contribution in [0, 0.1) is 15.5 Å². The molecule has 1 fully saturated rings. The Labute approximate surface area is 248 Å². The Morgan fingerprint density at radius 1 is 0.605 bits per heavy atom. The molecule has 0 spiro atoms. The minimum atomic E-state index is -0.838. The van der Waals surface area contributed by atoms with Crippen molar-refractivity contribution in [3.63, 3.8) is 0 Å². The number of hydrogen-bond donors (Lipinski definition) is 1. The molecule has 5 aromatic rings. The van der Waals surface area contributed by atoms with Crippen molar-refractivity contribution in [2.24, 2.45) is 10.2 Å². The van der Waals surface area contributed by atoms with Crippen molar-refractivity contribution >= 4 is 45.8 Å². The molecule has 1 unspecified atom stereocenters. The van der Waals surface area contributed by atoms with Gasteiger partial charge >= 0.3 is 0 Å². The highest BCUT2D eigenvalue weighted by molar-refractivity contribution is 6.70. The molecule has 1 aliphatic rings. The summed E-state index contributed by atoms with van der Waals surface area (Å²) in [4.78, 5) is 10.9. The predicted octanol–water partition coefficient (Wildman–Crippen LogP) is 8.03. The van der Waals surface area contributed by atoms with E-state index in [9.17, 15) is 10.1 Å². The first kappa shape index (κ1) is 27.1. The van der Waals surface area contributed by atoms with Gasteiger partial charge in [-0.1, -0.05) is 72.8 Å². The van der Waals surface area contributed by atoms with E-state index < -0.39 is 11.0 Å². The second kappa shape index (κ2) is 12.2. The quantitative estimate of drug-likeness (QED) is 0.151. The molecule has 1 atom stereocenters. The van der Waals surface area contributed by atoms with Crippen molar-refractivity contribution in [3.05, 3.63) is 161 Å². The Balaban J connectivity index is 1.55. The molecule has 0 bridgehead atoms. The number of nitro groups is 1. The molecule has 9 nitrogen and oxygen atoms in total. The summed E-state index contributed by atoms with van der Waals surface area (Å²) in [6.45, 7) is 0. The highest BCUT2D eigenvalue weighted by atomic mass is 16.6. The molecule has 0 aromatic heterocycles. The summed E-state index contributed by atoms with van der Waals surface area (Å²) in [7, 11) is 0. The van der Waals surface area contributed by atoms with Gasteiger partial charge in [0.25, 0.3) is 5.69 Å². The summed E-state index contributed by atoms with van der Waals surface area (Å²) in [5.74, 6) is -0.167. The summed E-state index contributed by atoms with van der Waals surface area (Å²) in [5.41, 5.74) is 4.33.